The Balaban J connectivity index is 2.25. The molecular weight excluding hydrogens is 238 g/mol. The zero-order valence-corrected chi connectivity index (χ0v) is 11.9. The maximum Gasteiger partial charge on any atom is 0.140 e. The maximum absolute atomic E-state index is 6.03. The van der Waals surface area contributed by atoms with Crippen molar-refractivity contribution >= 4 is 0 Å². The predicted octanol–water partition coefficient (Wildman–Crippen LogP) is 2.93. The average molecular weight is 259 g/mol. The third kappa shape index (κ3) is 2.79. The van der Waals surface area contributed by atoms with E-state index in [0.29, 0.717) is 6.54 Å². The minimum Gasteiger partial charge on any atom is -0.484 e. The van der Waals surface area contributed by atoms with E-state index in [9.17, 15) is 0 Å². The van der Waals surface area contributed by atoms with Gasteiger partial charge in [-0.2, -0.15) is 5.10 Å². The number of nitrogens with zero attached hydrogens (tertiary/aromatic N) is 1. The van der Waals surface area contributed by atoms with Crippen LogP contribution in [0.1, 0.15) is 41.1 Å². The highest BCUT2D eigenvalue weighted by Crippen LogP contribution is 2.27. The average Bonchev–Trinajstić information content (AvgIpc) is 2.75. The number of hydrogen-bond donors (Lipinski definition) is 2. The molecule has 0 aliphatic rings. The molecule has 3 N–H and O–H groups in total. The molecule has 2 aromatic rings. The standard InChI is InChI=1S/C15H21N3O/c1-9-5-6-10(2)14(7-9)19-12(4)15-13(8-16)11(3)17-18-15/h5-7,12H,8,16H2,1-4H3,(H,17,18). The SMILES string of the molecule is Cc1ccc(C)c(OC(C)c2n[nH]c(C)c2CN)c1. The number of benzene rings is 1. The van der Waals surface area contributed by atoms with Crippen molar-refractivity contribution in [2.75, 3.05) is 0 Å². The van der Waals surface area contributed by atoms with Gasteiger partial charge in [-0.3, -0.25) is 5.10 Å². The third-order valence-corrected chi connectivity index (χ3v) is 3.34. The fraction of sp³-hybridized carbons (Fsp3) is 0.400. The van der Waals surface area contributed by atoms with Crippen molar-refractivity contribution in [2.45, 2.75) is 40.3 Å². The summed E-state index contributed by atoms with van der Waals surface area (Å²) in [4.78, 5) is 0. The fourth-order valence-electron chi connectivity index (χ4n) is 2.15. The summed E-state index contributed by atoms with van der Waals surface area (Å²) in [5, 5.41) is 7.28. The Morgan fingerprint density at radius 2 is 2.05 bits per heavy atom. The van der Waals surface area contributed by atoms with Crippen LogP contribution in [0.4, 0.5) is 0 Å². The van der Waals surface area contributed by atoms with E-state index in [4.69, 9.17) is 10.5 Å². The molecule has 4 heteroatoms. The maximum atomic E-state index is 6.03. The van der Waals surface area contributed by atoms with Gasteiger partial charge in [0.15, 0.2) is 0 Å². The minimum atomic E-state index is -0.121. The van der Waals surface area contributed by atoms with E-state index in [1.165, 1.54) is 5.56 Å². The highest BCUT2D eigenvalue weighted by Gasteiger charge is 2.17. The lowest BCUT2D eigenvalue weighted by Crippen LogP contribution is -2.09. The number of rotatable bonds is 4. The van der Waals surface area contributed by atoms with Crippen molar-refractivity contribution in [2.24, 2.45) is 5.73 Å². The van der Waals surface area contributed by atoms with Crippen LogP contribution in [0.25, 0.3) is 0 Å². The number of nitrogens with one attached hydrogen (secondary N) is 1. The monoisotopic (exact) mass is 259 g/mol. The van der Waals surface area contributed by atoms with E-state index >= 15 is 0 Å². The van der Waals surface area contributed by atoms with Crippen LogP contribution in [0, 0.1) is 20.8 Å². The first-order chi connectivity index (χ1) is 9.02. The Morgan fingerprint density at radius 3 is 2.74 bits per heavy atom. The van der Waals surface area contributed by atoms with Gasteiger partial charge in [-0.1, -0.05) is 12.1 Å². The van der Waals surface area contributed by atoms with Crippen LogP contribution in [0.3, 0.4) is 0 Å². The molecule has 1 aromatic carbocycles. The van der Waals surface area contributed by atoms with E-state index in [2.05, 4.69) is 29.3 Å². The highest BCUT2D eigenvalue weighted by molar-refractivity contribution is 5.37. The molecule has 0 saturated carbocycles. The lowest BCUT2D eigenvalue weighted by molar-refractivity contribution is 0.219. The zero-order chi connectivity index (χ0) is 14.0. The topological polar surface area (TPSA) is 63.9 Å². The molecule has 0 fully saturated rings. The summed E-state index contributed by atoms with van der Waals surface area (Å²) in [6.07, 6.45) is -0.121. The number of aromatic nitrogens is 2. The van der Waals surface area contributed by atoms with Gasteiger partial charge in [0.2, 0.25) is 0 Å². The van der Waals surface area contributed by atoms with Crippen LogP contribution in [-0.4, -0.2) is 10.2 Å². The Morgan fingerprint density at radius 1 is 1.32 bits per heavy atom. The Hall–Kier alpha value is -1.81. The lowest BCUT2D eigenvalue weighted by atomic mass is 10.1. The van der Waals surface area contributed by atoms with Gasteiger partial charge in [-0.25, -0.2) is 0 Å². The Kier molecular flexibility index (Phi) is 3.90. The molecule has 102 valence electrons. The van der Waals surface area contributed by atoms with Gasteiger partial charge >= 0.3 is 0 Å². The van der Waals surface area contributed by atoms with Gasteiger partial charge in [0.1, 0.15) is 17.5 Å². The molecule has 0 radical (unpaired) electrons. The summed E-state index contributed by atoms with van der Waals surface area (Å²) in [7, 11) is 0. The normalized spacial score (nSPS) is 12.5. The second kappa shape index (κ2) is 5.45. The molecule has 1 unspecified atom stereocenters. The van der Waals surface area contributed by atoms with Crippen LogP contribution < -0.4 is 10.5 Å². The van der Waals surface area contributed by atoms with Gasteiger partial charge in [0, 0.05) is 17.8 Å². The van der Waals surface area contributed by atoms with Crippen molar-refractivity contribution < 1.29 is 4.74 Å². The molecule has 0 aliphatic heterocycles. The molecule has 1 heterocycles. The molecule has 0 amide bonds. The summed E-state index contributed by atoms with van der Waals surface area (Å²) >= 11 is 0. The van der Waals surface area contributed by atoms with Gasteiger partial charge < -0.3 is 10.5 Å². The Bertz CT molecular complexity index is 575. The van der Waals surface area contributed by atoms with Crippen LogP contribution in [0.5, 0.6) is 5.75 Å². The molecule has 4 nitrogen and oxygen atoms in total. The number of aryl methyl sites for hydroxylation is 3. The zero-order valence-electron chi connectivity index (χ0n) is 11.9. The number of ether oxygens (including phenoxy) is 1. The van der Waals surface area contributed by atoms with E-state index in [1.54, 1.807) is 0 Å². The number of nitrogens with two attached hydrogens (primary N) is 1. The number of H-pyrrole nitrogens is 1. The van der Waals surface area contributed by atoms with Gasteiger partial charge in [0.05, 0.1) is 0 Å². The van der Waals surface area contributed by atoms with Gasteiger partial charge in [0.25, 0.3) is 0 Å². The molecule has 19 heavy (non-hydrogen) atoms. The van der Waals surface area contributed by atoms with Gasteiger partial charge in [-0.15, -0.1) is 0 Å². The van der Waals surface area contributed by atoms with Crippen LogP contribution in [0.2, 0.25) is 0 Å². The molecule has 0 aliphatic carbocycles. The number of aromatic amines is 1. The molecular formula is C15H21N3O. The molecule has 1 aromatic heterocycles. The lowest BCUT2D eigenvalue weighted by Gasteiger charge is -2.16. The highest BCUT2D eigenvalue weighted by atomic mass is 16.5. The minimum absolute atomic E-state index is 0.121. The second-order valence-electron chi connectivity index (χ2n) is 4.95. The van der Waals surface area contributed by atoms with E-state index < -0.39 is 0 Å². The van der Waals surface area contributed by atoms with Crippen LogP contribution in [-0.2, 0) is 6.54 Å². The summed E-state index contributed by atoms with van der Waals surface area (Å²) in [6.45, 7) is 8.54. The molecule has 0 bridgehead atoms. The van der Waals surface area contributed by atoms with Crippen molar-refractivity contribution in [3.63, 3.8) is 0 Å². The van der Waals surface area contributed by atoms with Crippen molar-refractivity contribution in [1.29, 1.82) is 0 Å². The molecule has 1 atom stereocenters. The largest absolute Gasteiger partial charge is 0.484 e. The van der Waals surface area contributed by atoms with Gasteiger partial charge in [-0.05, 0) is 44.9 Å². The van der Waals surface area contributed by atoms with Crippen molar-refractivity contribution in [3.8, 4) is 5.75 Å². The smallest absolute Gasteiger partial charge is 0.140 e. The molecule has 0 spiro atoms. The summed E-state index contributed by atoms with van der Waals surface area (Å²) in [5.74, 6) is 0.899. The first kappa shape index (κ1) is 13.6. The third-order valence-electron chi connectivity index (χ3n) is 3.34. The summed E-state index contributed by atoms with van der Waals surface area (Å²) in [6, 6.07) is 6.20. The Labute approximate surface area is 114 Å². The summed E-state index contributed by atoms with van der Waals surface area (Å²) < 4.78 is 6.03. The van der Waals surface area contributed by atoms with E-state index in [0.717, 1.165) is 28.3 Å². The van der Waals surface area contributed by atoms with E-state index in [1.807, 2.05) is 26.8 Å². The van der Waals surface area contributed by atoms with Crippen LogP contribution in [0.15, 0.2) is 18.2 Å². The first-order valence-corrected chi connectivity index (χ1v) is 6.50. The molecule has 2 rings (SSSR count). The van der Waals surface area contributed by atoms with Crippen molar-refractivity contribution in [3.05, 3.63) is 46.3 Å². The predicted molar refractivity (Wildman–Crippen MR) is 76.2 cm³/mol. The molecule has 0 saturated heterocycles. The van der Waals surface area contributed by atoms with Crippen LogP contribution >= 0.6 is 0 Å². The van der Waals surface area contributed by atoms with Crippen molar-refractivity contribution in [1.82, 2.24) is 10.2 Å². The number of hydrogen-bond acceptors (Lipinski definition) is 3. The second-order valence-corrected chi connectivity index (χ2v) is 4.95. The van der Waals surface area contributed by atoms with E-state index in [-0.39, 0.29) is 6.10 Å². The summed E-state index contributed by atoms with van der Waals surface area (Å²) in [5.41, 5.74) is 11.0. The first-order valence-electron chi connectivity index (χ1n) is 6.50. The quantitative estimate of drug-likeness (QED) is 0.887. The fourth-order valence-corrected chi connectivity index (χ4v) is 2.15.